The van der Waals surface area contributed by atoms with Crippen molar-refractivity contribution in [3.8, 4) is 0 Å². The maximum absolute atomic E-state index is 11.9. The highest BCUT2D eigenvalue weighted by Crippen LogP contribution is 2.40. The van der Waals surface area contributed by atoms with Crippen LogP contribution in [-0.2, 0) is 23.2 Å². The molecule has 1 aliphatic carbocycles. The first-order valence-electron chi connectivity index (χ1n) is 7.41. The molecule has 120 valence electrons. The molecule has 6 nitrogen and oxygen atoms in total. The summed E-state index contributed by atoms with van der Waals surface area (Å²) in [5.41, 5.74) is 2.00. The highest BCUT2D eigenvalue weighted by atomic mass is 79.9. The van der Waals surface area contributed by atoms with E-state index in [0.717, 1.165) is 28.6 Å². The highest BCUT2D eigenvalue weighted by Gasteiger charge is 2.27. The van der Waals surface area contributed by atoms with E-state index in [1.165, 1.54) is 0 Å². The molecule has 2 N–H and O–H groups in total. The average Bonchev–Trinajstić information content (AvgIpc) is 3.30. The molecule has 1 saturated carbocycles. The third-order valence-corrected chi connectivity index (χ3v) is 4.53. The van der Waals surface area contributed by atoms with E-state index in [0.29, 0.717) is 11.7 Å². The van der Waals surface area contributed by atoms with E-state index >= 15 is 0 Å². The third-order valence-electron chi connectivity index (χ3n) is 3.76. The molecular weight excluding hydrogens is 360 g/mol. The number of hydrogen-bond acceptors (Lipinski definition) is 3. The molecule has 1 fully saturated rings. The number of aromatic nitrogens is 2. The van der Waals surface area contributed by atoms with E-state index in [9.17, 15) is 9.59 Å². The van der Waals surface area contributed by atoms with Gasteiger partial charge < -0.3 is 10.6 Å². The van der Waals surface area contributed by atoms with Gasteiger partial charge in [-0.1, -0.05) is 34.1 Å². The topological polar surface area (TPSA) is 76.0 Å². The molecule has 1 aromatic carbocycles. The first-order valence-corrected chi connectivity index (χ1v) is 8.20. The number of nitrogens with zero attached hydrogens (tertiary/aromatic N) is 2. The highest BCUT2D eigenvalue weighted by molar-refractivity contribution is 9.10. The molecule has 3 rings (SSSR count). The van der Waals surface area contributed by atoms with Crippen LogP contribution in [-0.4, -0.2) is 21.6 Å². The minimum absolute atomic E-state index is 0.281. The molecule has 0 saturated heterocycles. The fraction of sp³-hybridized carbons (Fsp3) is 0.312. The number of rotatable bonds is 4. The fourth-order valence-electron chi connectivity index (χ4n) is 2.37. The molecule has 2 aromatic rings. The lowest BCUT2D eigenvalue weighted by atomic mass is 10.2. The molecule has 7 heteroatoms. The summed E-state index contributed by atoms with van der Waals surface area (Å²) in [6.45, 7) is 0.281. The van der Waals surface area contributed by atoms with Crippen LogP contribution in [0.3, 0.4) is 0 Å². The molecule has 0 radical (unpaired) electrons. The Morgan fingerprint density at radius 3 is 2.74 bits per heavy atom. The van der Waals surface area contributed by atoms with Gasteiger partial charge in [0, 0.05) is 35.7 Å². The van der Waals surface area contributed by atoms with Crippen molar-refractivity contribution in [1.29, 1.82) is 0 Å². The SMILES string of the molecule is Cn1nc(NC(=O)C(=O)NCc2ccccc2Br)cc1C1CC1. The first-order chi connectivity index (χ1) is 11.0. The second-order valence-electron chi connectivity index (χ2n) is 5.58. The van der Waals surface area contributed by atoms with Crippen LogP contribution >= 0.6 is 15.9 Å². The summed E-state index contributed by atoms with van der Waals surface area (Å²) in [5.74, 6) is -0.449. The molecule has 1 heterocycles. The predicted octanol–water partition coefficient (Wildman–Crippen LogP) is 2.31. The Hall–Kier alpha value is -2.15. The number of anilines is 1. The maximum Gasteiger partial charge on any atom is 0.314 e. The van der Waals surface area contributed by atoms with Gasteiger partial charge in [-0.2, -0.15) is 5.10 Å². The van der Waals surface area contributed by atoms with Crippen molar-refractivity contribution in [3.05, 3.63) is 46.1 Å². The molecule has 0 bridgehead atoms. The summed E-state index contributed by atoms with van der Waals surface area (Å²) < 4.78 is 2.64. The summed E-state index contributed by atoms with van der Waals surface area (Å²) in [6.07, 6.45) is 2.30. The van der Waals surface area contributed by atoms with E-state index in [1.54, 1.807) is 4.68 Å². The van der Waals surface area contributed by atoms with Crippen LogP contribution < -0.4 is 10.6 Å². The van der Waals surface area contributed by atoms with Crippen LogP contribution in [0.5, 0.6) is 0 Å². The minimum atomic E-state index is -0.711. The number of amides is 2. The summed E-state index contributed by atoms with van der Waals surface area (Å²) in [4.78, 5) is 23.8. The van der Waals surface area contributed by atoms with Gasteiger partial charge in [0.1, 0.15) is 0 Å². The van der Waals surface area contributed by atoms with Gasteiger partial charge >= 0.3 is 11.8 Å². The average molecular weight is 377 g/mol. The van der Waals surface area contributed by atoms with Gasteiger partial charge in [-0.25, -0.2) is 0 Å². The number of benzene rings is 1. The standard InChI is InChI=1S/C16H17BrN4O2/c1-21-13(10-6-7-10)8-14(20-21)19-16(23)15(22)18-9-11-4-2-3-5-12(11)17/h2-5,8,10H,6-7,9H2,1H3,(H,18,22)(H,19,20,23). The van der Waals surface area contributed by atoms with Gasteiger partial charge in [-0.05, 0) is 24.5 Å². The molecule has 0 atom stereocenters. The molecule has 0 spiro atoms. The number of carbonyl (C=O) groups excluding carboxylic acids is 2. The lowest BCUT2D eigenvalue weighted by Crippen LogP contribution is -2.35. The fourth-order valence-corrected chi connectivity index (χ4v) is 2.80. The summed E-state index contributed by atoms with van der Waals surface area (Å²) in [6, 6.07) is 9.36. The Morgan fingerprint density at radius 2 is 2.04 bits per heavy atom. The van der Waals surface area contributed by atoms with E-state index in [2.05, 4.69) is 31.7 Å². The number of halogens is 1. The minimum Gasteiger partial charge on any atom is -0.344 e. The van der Waals surface area contributed by atoms with Gasteiger partial charge in [0.05, 0.1) is 0 Å². The van der Waals surface area contributed by atoms with Crippen LogP contribution in [0.2, 0.25) is 0 Å². The van der Waals surface area contributed by atoms with E-state index in [4.69, 9.17) is 0 Å². The second kappa shape index (κ2) is 6.54. The van der Waals surface area contributed by atoms with Crippen molar-refractivity contribution in [2.45, 2.75) is 25.3 Å². The lowest BCUT2D eigenvalue weighted by Gasteiger charge is -2.06. The normalized spacial score (nSPS) is 13.7. The van der Waals surface area contributed by atoms with Crippen LogP contribution in [0.25, 0.3) is 0 Å². The zero-order valence-corrected chi connectivity index (χ0v) is 14.3. The van der Waals surface area contributed by atoms with Crippen molar-refractivity contribution in [1.82, 2.24) is 15.1 Å². The Morgan fingerprint density at radius 1 is 1.30 bits per heavy atom. The molecule has 2 amide bonds. The van der Waals surface area contributed by atoms with Crippen molar-refractivity contribution in [3.63, 3.8) is 0 Å². The Labute approximate surface area is 142 Å². The third kappa shape index (κ3) is 3.79. The van der Waals surface area contributed by atoms with Crippen molar-refractivity contribution in [2.24, 2.45) is 7.05 Å². The monoisotopic (exact) mass is 376 g/mol. The number of carbonyl (C=O) groups is 2. The van der Waals surface area contributed by atoms with Crippen LogP contribution in [0.4, 0.5) is 5.82 Å². The zero-order chi connectivity index (χ0) is 16.4. The van der Waals surface area contributed by atoms with Crippen LogP contribution in [0, 0.1) is 0 Å². The van der Waals surface area contributed by atoms with Crippen LogP contribution in [0.1, 0.15) is 30.0 Å². The maximum atomic E-state index is 11.9. The molecule has 23 heavy (non-hydrogen) atoms. The van der Waals surface area contributed by atoms with Crippen molar-refractivity contribution in [2.75, 3.05) is 5.32 Å². The van der Waals surface area contributed by atoms with Gasteiger partial charge in [-0.3, -0.25) is 14.3 Å². The molecular formula is C16H17BrN4O2. The smallest absolute Gasteiger partial charge is 0.314 e. The van der Waals surface area contributed by atoms with Gasteiger partial charge in [0.25, 0.3) is 0 Å². The zero-order valence-electron chi connectivity index (χ0n) is 12.7. The van der Waals surface area contributed by atoms with E-state index in [1.807, 2.05) is 37.4 Å². The second-order valence-corrected chi connectivity index (χ2v) is 6.43. The molecule has 1 aliphatic rings. The largest absolute Gasteiger partial charge is 0.344 e. The summed E-state index contributed by atoms with van der Waals surface area (Å²) in [7, 11) is 1.84. The van der Waals surface area contributed by atoms with Crippen molar-refractivity contribution >= 4 is 33.6 Å². The van der Waals surface area contributed by atoms with Gasteiger partial charge in [-0.15, -0.1) is 0 Å². The lowest BCUT2D eigenvalue weighted by molar-refractivity contribution is -0.136. The van der Waals surface area contributed by atoms with Gasteiger partial charge in [0.15, 0.2) is 5.82 Å². The van der Waals surface area contributed by atoms with Crippen molar-refractivity contribution < 1.29 is 9.59 Å². The van der Waals surface area contributed by atoms with Gasteiger partial charge in [0.2, 0.25) is 0 Å². The van der Waals surface area contributed by atoms with E-state index < -0.39 is 11.8 Å². The Kier molecular flexibility index (Phi) is 4.47. The molecule has 1 aromatic heterocycles. The number of hydrogen-bond donors (Lipinski definition) is 2. The number of nitrogens with one attached hydrogen (secondary N) is 2. The summed E-state index contributed by atoms with van der Waals surface area (Å²) >= 11 is 3.40. The molecule has 0 aliphatic heterocycles. The Bertz CT molecular complexity index is 752. The van der Waals surface area contributed by atoms with Crippen LogP contribution in [0.15, 0.2) is 34.8 Å². The number of aryl methyl sites for hydroxylation is 1. The molecule has 0 unspecified atom stereocenters. The Balaban J connectivity index is 1.56. The summed E-state index contributed by atoms with van der Waals surface area (Å²) in [5, 5.41) is 9.37. The predicted molar refractivity (Wildman–Crippen MR) is 89.8 cm³/mol. The van der Waals surface area contributed by atoms with E-state index in [-0.39, 0.29) is 6.54 Å². The quantitative estimate of drug-likeness (QED) is 0.803. The first kappa shape index (κ1) is 15.7.